The van der Waals surface area contributed by atoms with Gasteiger partial charge in [0.2, 0.25) is 0 Å². The van der Waals surface area contributed by atoms with E-state index in [0.717, 1.165) is 37.3 Å². The van der Waals surface area contributed by atoms with Crippen molar-refractivity contribution in [3.63, 3.8) is 0 Å². The molecule has 2 aliphatic heterocycles. The van der Waals surface area contributed by atoms with Crippen molar-refractivity contribution in [3.05, 3.63) is 35.8 Å². The van der Waals surface area contributed by atoms with Gasteiger partial charge in [0.05, 0.1) is 7.11 Å². The Balaban J connectivity index is 1.77. The number of allylic oxidation sites excluding steroid dienone is 3. The van der Waals surface area contributed by atoms with E-state index in [1.54, 1.807) is 7.11 Å². The Morgan fingerprint density at radius 2 is 2.17 bits per heavy atom. The number of rotatable bonds is 2. The predicted octanol–water partition coefficient (Wildman–Crippen LogP) is 1.97. The summed E-state index contributed by atoms with van der Waals surface area (Å²) in [7, 11) is 3.95. The highest BCUT2D eigenvalue weighted by molar-refractivity contribution is 5.25. The molecule has 0 radical (unpaired) electrons. The average molecular weight is 318 g/mol. The molecule has 2 fully saturated rings. The highest BCUT2D eigenvalue weighted by Crippen LogP contribution is 2.44. The van der Waals surface area contributed by atoms with Crippen molar-refractivity contribution >= 4 is 0 Å². The van der Waals surface area contributed by atoms with E-state index in [-0.39, 0.29) is 12.2 Å². The zero-order valence-corrected chi connectivity index (χ0v) is 13.9. The molecule has 0 amide bonds. The van der Waals surface area contributed by atoms with Gasteiger partial charge in [-0.15, -0.1) is 0 Å². The number of nitrogens with zero attached hydrogens (tertiary/aromatic N) is 1. The molecule has 0 spiro atoms. The summed E-state index contributed by atoms with van der Waals surface area (Å²) < 4.78 is 12.0. The third-order valence-corrected chi connectivity index (χ3v) is 6.03. The van der Waals surface area contributed by atoms with Gasteiger partial charge in [0, 0.05) is 18.4 Å². The molecule has 5 nitrogen and oxygen atoms in total. The molecule has 6 bridgehead atoms. The van der Waals surface area contributed by atoms with Gasteiger partial charge in [0.25, 0.3) is 0 Å². The van der Waals surface area contributed by atoms with Crippen molar-refractivity contribution < 1.29 is 14.3 Å². The van der Waals surface area contributed by atoms with Crippen molar-refractivity contribution in [1.82, 2.24) is 4.90 Å². The monoisotopic (exact) mass is 318 g/mol. The molecule has 2 aliphatic carbocycles. The Hall–Kier alpha value is -1.30. The number of nitrogens with two attached hydrogens (primary N) is 1. The molecule has 0 aromatic carbocycles. The first kappa shape index (κ1) is 15.2. The molecule has 0 aromatic rings. The molecular formula is C18H26N2O3. The van der Waals surface area contributed by atoms with Crippen LogP contribution in [0.3, 0.4) is 0 Å². The van der Waals surface area contributed by atoms with Gasteiger partial charge in [-0.2, -0.15) is 0 Å². The van der Waals surface area contributed by atoms with E-state index in [1.807, 2.05) is 0 Å². The molecule has 1 unspecified atom stereocenters. The van der Waals surface area contributed by atoms with Crippen molar-refractivity contribution in [2.75, 3.05) is 20.7 Å². The lowest BCUT2D eigenvalue weighted by Gasteiger charge is -2.48. The maximum atomic E-state index is 6.47. The quantitative estimate of drug-likeness (QED) is 0.623. The summed E-state index contributed by atoms with van der Waals surface area (Å²) in [5.74, 6) is 8.80. The van der Waals surface area contributed by atoms with Gasteiger partial charge in [-0.1, -0.05) is 18.2 Å². The van der Waals surface area contributed by atoms with Crippen LogP contribution in [0.5, 0.6) is 0 Å². The second kappa shape index (κ2) is 5.96. The number of methoxy groups -OCH3 is 1. The summed E-state index contributed by atoms with van der Waals surface area (Å²) in [6, 6.07) is 0.549. The predicted molar refractivity (Wildman–Crippen MR) is 87.0 cm³/mol. The first-order valence-corrected chi connectivity index (χ1v) is 8.57. The number of fused-ring (bicyclic) bond motifs is 2. The zero-order chi connectivity index (χ0) is 16.0. The highest BCUT2D eigenvalue weighted by atomic mass is 16.6. The third kappa shape index (κ3) is 2.51. The summed E-state index contributed by atoms with van der Waals surface area (Å²) in [6.07, 6.45) is 11.7. The minimum atomic E-state index is -0.187. The van der Waals surface area contributed by atoms with E-state index in [0.29, 0.717) is 23.8 Å². The molecule has 2 N–H and O–H groups in total. The van der Waals surface area contributed by atoms with E-state index in [1.165, 1.54) is 0 Å². The van der Waals surface area contributed by atoms with Crippen molar-refractivity contribution in [2.45, 2.75) is 37.5 Å². The van der Waals surface area contributed by atoms with Crippen LogP contribution in [0.4, 0.5) is 0 Å². The number of ether oxygens (including phenoxy) is 2. The second-order valence-electron chi connectivity index (χ2n) is 7.20. The molecule has 23 heavy (non-hydrogen) atoms. The molecule has 0 saturated carbocycles. The molecular weight excluding hydrogens is 292 g/mol. The van der Waals surface area contributed by atoms with Gasteiger partial charge in [-0.25, -0.2) is 5.90 Å². The fraction of sp³-hybridized carbons (Fsp3) is 0.667. The van der Waals surface area contributed by atoms with Gasteiger partial charge in [0.15, 0.2) is 5.76 Å². The SMILES string of the molecule is COC1=C2CC(C=C1)C[C@@H]1[C@@H]3C=C[C@H](ON)[C@H](O2)[C@H]3CCN1C. The number of hydrogen-bond acceptors (Lipinski definition) is 5. The molecule has 126 valence electrons. The van der Waals surface area contributed by atoms with Crippen LogP contribution in [0.2, 0.25) is 0 Å². The van der Waals surface area contributed by atoms with Crippen LogP contribution in [0.15, 0.2) is 35.8 Å². The molecule has 5 heteroatoms. The van der Waals surface area contributed by atoms with E-state index in [9.17, 15) is 0 Å². The normalized spacial score (nSPS) is 42.6. The maximum Gasteiger partial charge on any atom is 0.156 e. The number of hydrogen-bond donors (Lipinski definition) is 1. The molecule has 4 aliphatic rings. The average Bonchev–Trinajstić information content (AvgIpc) is 2.58. The lowest BCUT2D eigenvalue weighted by molar-refractivity contribution is -0.0919. The Labute approximate surface area is 137 Å². The largest absolute Gasteiger partial charge is 0.493 e. The van der Waals surface area contributed by atoms with Crippen molar-refractivity contribution in [2.24, 2.45) is 23.7 Å². The van der Waals surface area contributed by atoms with Crippen LogP contribution in [0.25, 0.3) is 0 Å². The van der Waals surface area contributed by atoms with Crippen LogP contribution in [-0.2, 0) is 14.3 Å². The Bertz CT molecular complexity index is 556. The zero-order valence-electron chi connectivity index (χ0n) is 13.9. The lowest BCUT2D eigenvalue weighted by atomic mass is 9.70. The number of piperidine rings is 1. The lowest BCUT2D eigenvalue weighted by Crippen LogP contribution is -2.54. The fourth-order valence-electron chi connectivity index (χ4n) is 4.80. The molecule has 2 heterocycles. The molecule has 6 atom stereocenters. The van der Waals surface area contributed by atoms with E-state index in [2.05, 4.69) is 36.3 Å². The van der Waals surface area contributed by atoms with E-state index < -0.39 is 0 Å². The van der Waals surface area contributed by atoms with Gasteiger partial charge >= 0.3 is 0 Å². The Morgan fingerprint density at radius 1 is 1.30 bits per heavy atom. The Kier molecular flexibility index (Phi) is 3.95. The molecule has 2 saturated heterocycles. The minimum absolute atomic E-state index is 0.0309. The van der Waals surface area contributed by atoms with E-state index in [4.69, 9.17) is 20.2 Å². The first-order chi connectivity index (χ1) is 11.2. The summed E-state index contributed by atoms with van der Waals surface area (Å²) in [6.45, 7) is 1.10. The van der Waals surface area contributed by atoms with Crippen LogP contribution in [0.1, 0.15) is 19.3 Å². The van der Waals surface area contributed by atoms with Crippen LogP contribution >= 0.6 is 0 Å². The van der Waals surface area contributed by atoms with Crippen molar-refractivity contribution in [3.8, 4) is 0 Å². The summed E-state index contributed by atoms with van der Waals surface area (Å²) in [5.41, 5.74) is 0. The van der Waals surface area contributed by atoms with Gasteiger partial charge in [0.1, 0.15) is 18.0 Å². The highest BCUT2D eigenvalue weighted by Gasteiger charge is 2.47. The van der Waals surface area contributed by atoms with Gasteiger partial charge in [-0.05, 0) is 44.3 Å². The minimum Gasteiger partial charge on any atom is -0.493 e. The molecule has 0 aromatic heterocycles. The van der Waals surface area contributed by atoms with Crippen LogP contribution in [-0.4, -0.2) is 43.9 Å². The van der Waals surface area contributed by atoms with Crippen molar-refractivity contribution in [1.29, 1.82) is 0 Å². The first-order valence-electron chi connectivity index (χ1n) is 8.57. The summed E-state index contributed by atoms with van der Waals surface area (Å²) in [4.78, 5) is 7.75. The van der Waals surface area contributed by atoms with E-state index >= 15 is 0 Å². The van der Waals surface area contributed by atoms with Gasteiger partial charge in [-0.3, -0.25) is 4.84 Å². The van der Waals surface area contributed by atoms with Gasteiger partial charge < -0.3 is 14.4 Å². The summed E-state index contributed by atoms with van der Waals surface area (Å²) >= 11 is 0. The fourth-order valence-corrected chi connectivity index (χ4v) is 4.80. The molecule has 4 rings (SSSR count). The smallest absolute Gasteiger partial charge is 0.156 e. The second-order valence-corrected chi connectivity index (χ2v) is 7.20. The topological polar surface area (TPSA) is 57.0 Å². The maximum absolute atomic E-state index is 6.47. The van der Waals surface area contributed by atoms with Crippen LogP contribution in [0, 0.1) is 17.8 Å². The third-order valence-electron chi connectivity index (χ3n) is 6.03. The Morgan fingerprint density at radius 3 is 2.96 bits per heavy atom. The van der Waals surface area contributed by atoms with Crippen LogP contribution < -0.4 is 5.90 Å². The summed E-state index contributed by atoms with van der Waals surface area (Å²) in [5, 5.41) is 0. The standard InChI is InChI=1S/C18H26N2O3/c1-20-8-7-13-12-4-6-16(23-19)18(13)22-17-10-11(9-14(12)20)3-5-15(17)21-2/h3-6,11-14,16,18H,7-10,19H2,1-2H3/t11?,12-,13+,14-,16+,18-/m1/s1. The number of likely N-dealkylation sites (tertiary alicyclic amines) is 1.